The highest BCUT2D eigenvalue weighted by atomic mass is 16.5. The van der Waals surface area contributed by atoms with Crippen molar-refractivity contribution in [3.8, 4) is 17.2 Å². The molecule has 4 unspecified atom stereocenters. The summed E-state index contributed by atoms with van der Waals surface area (Å²) < 4.78 is 17.0. The minimum atomic E-state index is -0.415. The molecule has 2 aromatic rings. The third-order valence-corrected chi connectivity index (χ3v) is 7.01. The Kier molecular flexibility index (Phi) is 8.49. The van der Waals surface area contributed by atoms with Crippen LogP contribution in [0.25, 0.3) is 0 Å². The molecule has 8 heteroatoms. The first-order valence-electron chi connectivity index (χ1n) is 12.5. The Balaban J connectivity index is 1.64. The number of para-hydroxylation sites is 1. The lowest BCUT2D eigenvalue weighted by atomic mass is 9.83. The molecule has 0 aliphatic carbocycles. The van der Waals surface area contributed by atoms with Gasteiger partial charge in [0, 0.05) is 25.1 Å². The van der Waals surface area contributed by atoms with Crippen molar-refractivity contribution >= 4 is 5.91 Å². The summed E-state index contributed by atoms with van der Waals surface area (Å²) in [5.41, 5.74) is 8.17. The first kappa shape index (κ1) is 25.3. The molecule has 0 saturated carbocycles. The predicted octanol–water partition coefficient (Wildman–Crippen LogP) is 3.72. The van der Waals surface area contributed by atoms with E-state index < -0.39 is 6.04 Å². The van der Waals surface area contributed by atoms with Gasteiger partial charge in [0.2, 0.25) is 5.91 Å². The van der Waals surface area contributed by atoms with Crippen molar-refractivity contribution in [2.45, 2.75) is 50.7 Å². The molecular formula is C27H37N3O5. The average Bonchev–Trinajstić information content (AvgIpc) is 3.41. The molecule has 4 atom stereocenters. The van der Waals surface area contributed by atoms with Crippen molar-refractivity contribution in [2.75, 3.05) is 34.0 Å². The molecule has 8 nitrogen and oxygen atoms in total. The van der Waals surface area contributed by atoms with Crippen LogP contribution in [0.1, 0.15) is 55.8 Å². The summed E-state index contributed by atoms with van der Waals surface area (Å²) in [5.74, 6) is 1.44. The third-order valence-electron chi connectivity index (χ3n) is 7.01. The Bertz CT molecular complexity index is 1000. The van der Waals surface area contributed by atoms with Gasteiger partial charge in [0.25, 0.3) is 0 Å². The van der Waals surface area contributed by atoms with E-state index in [1.165, 1.54) is 12.8 Å². The van der Waals surface area contributed by atoms with Gasteiger partial charge in [-0.1, -0.05) is 50.5 Å². The standard InChI is InChI=1S/C27H37N3O5/c1-4-5-6-9-15-35-21-13-12-18(17-22(21)34-3)26-23-24(19-10-7-8-11-20(19)31)28-29-25(23)27(32)30(26)14-16-33-2/h7-8,10-13,17,23-26,28-29,31H,4-6,9,14-16H2,1-3H3. The van der Waals surface area contributed by atoms with E-state index in [0.717, 1.165) is 24.0 Å². The summed E-state index contributed by atoms with van der Waals surface area (Å²) >= 11 is 0. The molecule has 2 heterocycles. The molecule has 1 amide bonds. The fraction of sp³-hybridized carbons (Fsp3) is 0.519. The number of phenols is 1. The molecule has 0 bridgehead atoms. The minimum absolute atomic E-state index is 0.0117. The molecule has 2 saturated heterocycles. The van der Waals surface area contributed by atoms with E-state index in [1.54, 1.807) is 26.4 Å². The smallest absolute Gasteiger partial charge is 0.242 e. The van der Waals surface area contributed by atoms with E-state index in [2.05, 4.69) is 17.8 Å². The quantitative estimate of drug-likeness (QED) is 0.396. The normalized spacial score (nSPS) is 23.5. The van der Waals surface area contributed by atoms with Crippen LogP contribution in [0, 0.1) is 5.92 Å². The topological polar surface area (TPSA) is 92.3 Å². The number of hydrogen-bond donors (Lipinski definition) is 3. The Morgan fingerprint density at radius 2 is 1.77 bits per heavy atom. The number of amides is 1. The Morgan fingerprint density at radius 3 is 2.51 bits per heavy atom. The SMILES string of the molecule is CCCCCCOc1ccc(C2C3C(NNC3c3ccccc3O)C(=O)N2CCOC)cc1OC. The number of likely N-dealkylation sites (tertiary alicyclic amines) is 1. The molecule has 2 aliphatic rings. The summed E-state index contributed by atoms with van der Waals surface area (Å²) in [4.78, 5) is 15.3. The number of nitrogens with one attached hydrogen (secondary N) is 2. The molecule has 0 aromatic heterocycles. The molecule has 0 spiro atoms. The van der Waals surface area contributed by atoms with Crippen LogP contribution < -0.4 is 20.3 Å². The second-order valence-electron chi connectivity index (χ2n) is 9.17. The molecular weight excluding hydrogens is 446 g/mol. The number of phenolic OH excluding ortho intramolecular Hbond substituents is 1. The zero-order valence-electron chi connectivity index (χ0n) is 20.8. The number of hydrogen-bond acceptors (Lipinski definition) is 7. The van der Waals surface area contributed by atoms with Gasteiger partial charge in [0.1, 0.15) is 11.8 Å². The monoisotopic (exact) mass is 483 g/mol. The number of aromatic hydroxyl groups is 1. The largest absolute Gasteiger partial charge is 0.508 e. The molecule has 0 radical (unpaired) electrons. The fourth-order valence-corrected chi connectivity index (χ4v) is 5.25. The van der Waals surface area contributed by atoms with Crippen LogP contribution >= 0.6 is 0 Å². The molecule has 2 aliphatic heterocycles. The Labute approximate surface area is 207 Å². The van der Waals surface area contributed by atoms with Gasteiger partial charge in [-0.2, -0.15) is 0 Å². The van der Waals surface area contributed by atoms with Crippen molar-refractivity contribution in [3.05, 3.63) is 53.6 Å². The van der Waals surface area contributed by atoms with Gasteiger partial charge >= 0.3 is 0 Å². The highest BCUT2D eigenvalue weighted by Crippen LogP contribution is 2.49. The van der Waals surface area contributed by atoms with E-state index in [4.69, 9.17) is 14.2 Å². The maximum Gasteiger partial charge on any atom is 0.242 e. The second-order valence-corrected chi connectivity index (χ2v) is 9.17. The number of rotatable bonds is 12. The van der Waals surface area contributed by atoms with E-state index in [0.29, 0.717) is 31.3 Å². The van der Waals surface area contributed by atoms with Crippen LogP contribution in [-0.4, -0.2) is 55.9 Å². The fourth-order valence-electron chi connectivity index (χ4n) is 5.25. The van der Waals surface area contributed by atoms with E-state index in [-0.39, 0.29) is 29.7 Å². The summed E-state index contributed by atoms with van der Waals surface area (Å²) in [7, 11) is 3.27. The number of benzene rings is 2. The lowest BCUT2D eigenvalue weighted by Crippen LogP contribution is -2.42. The van der Waals surface area contributed by atoms with Gasteiger partial charge in [-0.15, -0.1) is 0 Å². The molecule has 35 heavy (non-hydrogen) atoms. The molecule has 190 valence electrons. The summed E-state index contributed by atoms with van der Waals surface area (Å²) in [6.45, 7) is 3.74. The van der Waals surface area contributed by atoms with Crippen molar-refractivity contribution < 1.29 is 24.1 Å². The van der Waals surface area contributed by atoms with E-state index in [1.807, 2.05) is 35.2 Å². The molecule has 4 rings (SSSR count). The number of hydrazine groups is 1. The van der Waals surface area contributed by atoms with Gasteiger partial charge in [0.15, 0.2) is 11.5 Å². The van der Waals surface area contributed by atoms with Crippen LogP contribution in [0.15, 0.2) is 42.5 Å². The number of carbonyl (C=O) groups is 1. The molecule has 2 fully saturated rings. The number of fused-ring (bicyclic) bond motifs is 1. The van der Waals surface area contributed by atoms with Crippen molar-refractivity contribution in [1.29, 1.82) is 0 Å². The maximum atomic E-state index is 13.4. The highest BCUT2D eigenvalue weighted by Gasteiger charge is 2.55. The summed E-state index contributed by atoms with van der Waals surface area (Å²) in [5, 5.41) is 10.6. The molecule has 2 aromatic carbocycles. The maximum absolute atomic E-state index is 13.4. The van der Waals surface area contributed by atoms with Crippen LogP contribution in [0.3, 0.4) is 0 Å². The van der Waals surface area contributed by atoms with Crippen molar-refractivity contribution in [3.63, 3.8) is 0 Å². The first-order valence-corrected chi connectivity index (χ1v) is 12.5. The summed E-state index contributed by atoms with van der Waals surface area (Å²) in [6, 6.07) is 12.3. The van der Waals surface area contributed by atoms with E-state index >= 15 is 0 Å². The second kappa shape index (κ2) is 11.7. The Morgan fingerprint density at radius 1 is 0.971 bits per heavy atom. The first-order chi connectivity index (χ1) is 17.1. The van der Waals surface area contributed by atoms with Gasteiger partial charge in [-0.25, -0.2) is 10.9 Å². The zero-order chi connectivity index (χ0) is 24.8. The van der Waals surface area contributed by atoms with Crippen LogP contribution in [0.2, 0.25) is 0 Å². The lowest BCUT2D eigenvalue weighted by Gasteiger charge is -2.31. The zero-order valence-corrected chi connectivity index (χ0v) is 20.8. The van der Waals surface area contributed by atoms with Crippen LogP contribution in [0.4, 0.5) is 0 Å². The third kappa shape index (κ3) is 5.24. The number of carbonyl (C=O) groups excluding carboxylic acids is 1. The van der Waals surface area contributed by atoms with Crippen LogP contribution in [-0.2, 0) is 9.53 Å². The van der Waals surface area contributed by atoms with Gasteiger partial charge in [0.05, 0.1) is 32.4 Å². The van der Waals surface area contributed by atoms with Crippen molar-refractivity contribution in [2.24, 2.45) is 5.92 Å². The lowest BCUT2D eigenvalue weighted by molar-refractivity contribution is -0.131. The number of unbranched alkanes of at least 4 members (excludes halogenated alkanes) is 3. The van der Waals surface area contributed by atoms with Gasteiger partial charge < -0.3 is 24.2 Å². The minimum Gasteiger partial charge on any atom is -0.508 e. The average molecular weight is 484 g/mol. The predicted molar refractivity (Wildman–Crippen MR) is 133 cm³/mol. The van der Waals surface area contributed by atoms with E-state index in [9.17, 15) is 9.90 Å². The van der Waals surface area contributed by atoms with Crippen LogP contribution in [0.5, 0.6) is 17.2 Å². The summed E-state index contributed by atoms with van der Waals surface area (Å²) in [6.07, 6.45) is 4.54. The van der Waals surface area contributed by atoms with Crippen molar-refractivity contribution in [1.82, 2.24) is 15.8 Å². The number of ether oxygens (including phenoxy) is 3. The van der Waals surface area contributed by atoms with Gasteiger partial charge in [-0.3, -0.25) is 4.79 Å². The number of methoxy groups -OCH3 is 2. The Hall–Kier alpha value is -2.81. The molecule has 3 N–H and O–H groups in total. The number of nitrogens with zero attached hydrogens (tertiary/aromatic N) is 1. The highest BCUT2D eigenvalue weighted by molar-refractivity contribution is 5.86. The van der Waals surface area contributed by atoms with Gasteiger partial charge in [-0.05, 0) is 30.2 Å².